The number of anilines is 1. The highest BCUT2D eigenvalue weighted by molar-refractivity contribution is 7.82. The van der Waals surface area contributed by atoms with E-state index in [4.69, 9.17) is 0 Å². The molecule has 3 aromatic heterocycles. The van der Waals surface area contributed by atoms with Crippen molar-refractivity contribution < 1.29 is 27.3 Å². The van der Waals surface area contributed by atoms with Crippen molar-refractivity contribution in [3.63, 3.8) is 0 Å². The van der Waals surface area contributed by atoms with Gasteiger partial charge < -0.3 is 10.0 Å². The first-order chi connectivity index (χ1) is 20.4. The van der Waals surface area contributed by atoms with Crippen molar-refractivity contribution in [1.29, 1.82) is 0 Å². The summed E-state index contributed by atoms with van der Waals surface area (Å²) in [5, 5.41) is 17.0. The lowest BCUT2D eigenvalue weighted by Gasteiger charge is -2.36. The lowest BCUT2D eigenvalue weighted by molar-refractivity contribution is -0.145. The maximum Gasteiger partial charge on any atom is 0.452 e. The van der Waals surface area contributed by atoms with Crippen LogP contribution in [-0.2, 0) is 28.5 Å². The first-order valence-electron chi connectivity index (χ1n) is 14.0. The fraction of sp³-hybridized carbons (Fsp3) is 0.400. The molecule has 43 heavy (non-hydrogen) atoms. The number of hydrogen-bond donors (Lipinski definition) is 1. The number of aromatic nitrogens is 4. The van der Waals surface area contributed by atoms with Gasteiger partial charge in [-0.15, -0.1) is 10.2 Å². The van der Waals surface area contributed by atoms with Gasteiger partial charge in [0.15, 0.2) is 5.65 Å². The summed E-state index contributed by atoms with van der Waals surface area (Å²) in [6.45, 7) is 7.52. The quantitative estimate of drug-likeness (QED) is 0.317. The number of aliphatic carboxylic acids is 1. The summed E-state index contributed by atoms with van der Waals surface area (Å²) < 4.78 is 57.1. The normalized spacial score (nSPS) is 21.4. The molecule has 2 aliphatic rings. The molecule has 0 spiro atoms. The summed E-state index contributed by atoms with van der Waals surface area (Å²) in [4.78, 5) is 19.6. The highest BCUT2D eigenvalue weighted by Gasteiger charge is 2.44. The smallest absolute Gasteiger partial charge is 0.452 e. The standard InChI is InChI=1S/C30H31F3N6O3S/c1-18-7-8-20(23(15-25(40)41)22-9-13-38-26(19(22)2)35-36-28(38)30(31,32)33)14-21(18)16-37-17-29(3)10-5-12-39(29)27-24(43(37)42)6-4-11-34-27/h4,6-9,11,13-14,23H,5,10,12,15-17H2,1-3H3,(H,40,41). The minimum Gasteiger partial charge on any atom is -0.481 e. The molecule has 1 fully saturated rings. The summed E-state index contributed by atoms with van der Waals surface area (Å²) in [7, 11) is -1.48. The molecule has 2 aliphatic heterocycles. The van der Waals surface area contributed by atoms with Crippen LogP contribution in [0.4, 0.5) is 19.0 Å². The Kier molecular flexibility index (Phi) is 7.28. The van der Waals surface area contributed by atoms with E-state index in [1.807, 2.05) is 35.5 Å². The predicted molar refractivity (Wildman–Crippen MR) is 154 cm³/mol. The van der Waals surface area contributed by atoms with Gasteiger partial charge in [-0.3, -0.25) is 9.20 Å². The zero-order valence-corrected chi connectivity index (χ0v) is 24.7. The minimum atomic E-state index is -4.68. The molecule has 1 N–H and O–H groups in total. The number of fused-ring (bicyclic) bond motifs is 4. The van der Waals surface area contributed by atoms with Crippen LogP contribution in [0.15, 0.2) is 53.7 Å². The molecule has 5 heterocycles. The molecule has 0 amide bonds. The Labute approximate surface area is 249 Å². The molecule has 13 heteroatoms. The molecule has 3 atom stereocenters. The van der Waals surface area contributed by atoms with Crippen molar-refractivity contribution in [3.8, 4) is 0 Å². The molecule has 0 saturated carbocycles. The fourth-order valence-electron chi connectivity index (χ4n) is 6.48. The van der Waals surface area contributed by atoms with E-state index >= 15 is 0 Å². The van der Waals surface area contributed by atoms with Crippen molar-refractivity contribution in [3.05, 3.63) is 82.4 Å². The maximum atomic E-state index is 14.0. The van der Waals surface area contributed by atoms with Crippen LogP contribution in [0, 0.1) is 13.8 Å². The van der Waals surface area contributed by atoms with Crippen molar-refractivity contribution in [2.24, 2.45) is 0 Å². The third kappa shape index (κ3) is 5.18. The monoisotopic (exact) mass is 612 g/mol. The second kappa shape index (κ2) is 10.7. The van der Waals surface area contributed by atoms with Gasteiger partial charge in [-0.25, -0.2) is 13.5 Å². The van der Waals surface area contributed by atoms with Crippen molar-refractivity contribution >= 4 is 28.4 Å². The van der Waals surface area contributed by atoms with Crippen LogP contribution in [0.25, 0.3) is 5.65 Å². The minimum absolute atomic E-state index is 0.0224. The third-order valence-electron chi connectivity index (χ3n) is 8.69. The molecule has 9 nitrogen and oxygen atoms in total. The first kappa shape index (κ1) is 29.2. The van der Waals surface area contributed by atoms with Gasteiger partial charge in [0.25, 0.3) is 0 Å². The Balaban J connectivity index is 1.39. The summed E-state index contributed by atoms with van der Waals surface area (Å²) >= 11 is 0. The van der Waals surface area contributed by atoms with Gasteiger partial charge in [0, 0.05) is 37.9 Å². The fourth-order valence-corrected chi connectivity index (χ4v) is 7.92. The number of alkyl halides is 3. The molecule has 0 bridgehead atoms. The number of carboxylic acid groups (broad SMARTS) is 1. The molecular formula is C30H31F3N6O3S. The molecular weight excluding hydrogens is 581 g/mol. The number of nitrogens with zero attached hydrogens (tertiary/aromatic N) is 6. The average molecular weight is 613 g/mol. The SMILES string of the molecule is Cc1ccc(C(CC(=O)O)c2ccn3c(C(F)(F)F)nnc3c2C)cc1CN1CC2(C)CCCN2c2ncccc2S1=O. The van der Waals surface area contributed by atoms with Crippen LogP contribution in [0.1, 0.15) is 65.7 Å². The van der Waals surface area contributed by atoms with Crippen LogP contribution in [0.5, 0.6) is 0 Å². The molecule has 0 radical (unpaired) electrons. The number of halogens is 3. The molecule has 226 valence electrons. The van der Waals surface area contributed by atoms with Crippen molar-refractivity contribution in [1.82, 2.24) is 23.9 Å². The van der Waals surface area contributed by atoms with Gasteiger partial charge in [-0.2, -0.15) is 13.2 Å². The van der Waals surface area contributed by atoms with Crippen molar-refractivity contribution in [2.75, 3.05) is 18.0 Å². The topological polar surface area (TPSA) is 104 Å². The molecule has 1 saturated heterocycles. The number of aryl methyl sites for hydroxylation is 2. The number of hydrogen-bond acceptors (Lipinski definition) is 6. The lowest BCUT2D eigenvalue weighted by Crippen LogP contribution is -2.48. The summed E-state index contributed by atoms with van der Waals surface area (Å²) in [5.74, 6) is -2.09. The van der Waals surface area contributed by atoms with Gasteiger partial charge in [0.05, 0.1) is 16.9 Å². The van der Waals surface area contributed by atoms with Crippen LogP contribution in [-0.4, -0.2) is 57.8 Å². The van der Waals surface area contributed by atoms with Crippen molar-refractivity contribution in [2.45, 2.75) is 69.1 Å². The van der Waals surface area contributed by atoms with E-state index < -0.39 is 34.9 Å². The largest absolute Gasteiger partial charge is 0.481 e. The zero-order chi connectivity index (χ0) is 30.7. The van der Waals surface area contributed by atoms with E-state index in [0.717, 1.165) is 40.7 Å². The highest BCUT2D eigenvalue weighted by atomic mass is 32.2. The second-order valence-electron chi connectivity index (χ2n) is 11.6. The Morgan fingerprint density at radius 2 is 1.98 bits per heavy atom. The molecule has 6 rings (SSSR count). The summed E-state index contributed by atoms with van der Waals surface area (Å²) in [6.07, 6.45) is -0.0407. The number of rotatable bonds is 6. The number of carboxylic acids is 1. The van der Waals surface area contributed by atoms with E-state index in [0.29, 0.717) is 34.7 Å². The van der Waals surface area contributed by atoms with E-state index in [9.17, 15) is 27.3 Å². The Morgan fingerprint density at radius 1 is 1.19 bits per heavy atom. The third-order valence-corrected chi connectivity index (χ3v) is 10.1. The number of pyridine rings is 2. The summed E-state index contributed by atoms with van der Waals surface area (Å²) in [6, 6.07) is 10.8. The van der Waals surface area contributed by atoms with E-state index in [-0.39, 0.29) is 17.6 Å². The molecule has 4 aromatic rings. The van der Waals surface area contributed by atoms with Crippen LogP contribution < -0.4 is 4.90 Å². The molecule has 0 aliphatic carbocycles. The van der Waals surface area contributed by atoms with Crippen LogP contribution >= 0.6 is 0 Å². The van der Waals surface area contributed by atoms with Gasteiger partial charge in [0.1, 0.15) is 16.8 Å². The van der Waals surface area contributed by atoms with Crippen LogP contribution in [0.2, 0.25) is 0 Å². The Morgan fingerprint density at radius 3 is 2.72 bits per heavy atom. The Hall–Kier alpha value is -3.84. The molecule has 1 aromatic carbocycles. The van der Waals surface area contributed by atoms with Gasteiger partial charge in [-0.1, -0.05) is 18.2 Å². The van der Waals surface area contributed by atoms with E-state index in [2.05, 4.69) is 27.0 Å². The zero-order valence-electron chi connectivity index (χ0n) is 23.9. The number of benzene rings is 1. The van der Waals surface area contributed by atoms with E-state index in [1.165, 1.54) is 12.3 Å². The van der Waals surface area contributed by atoms with E-state index in [1.54, 1.807) is 19.2 Å². The highest BCUT2D eigenvalue weighted by Crippen LogP contribution is 2.41. The molecule has 3 unspecified atom stereocenters. The second-order valence-corrected chi connectivity index (χ2v) is 13.0. The first-order valence-corrected chi connectivity index (χ1v) is 15.1. The van der Waals surface area contributed by atoms with Gasteiger partial charge in [-0.05, 0) is 79.6 Å². The van der Waals surface area contributed by atoms with Gasteiger partial charge in [0.2, 0.25) is 5.82 Å². The summed E-state index contributed by atoms with van der Waals surface area (Å²) in [5.41, 5.74) is 3.30. The van der Waals surface area contributed by atoms with Crippen LogP contribution in [0.3, 0.4) is 0 Å². The lowest BCUT2D eigenvalue weighted by atomic mass is 9.85. The maximum absolute atomic E-state index is 14.0. The Bertz CT molecular complexity index is 1760. The van der Waals surface area contributed by atoms with Gasteiger partial charge >= 0.3 is 12.1 Å². The predicted octanol–water partition coefficient (Wildman–Crippen LogP) is 5.26. The number of carbonyl (C=O) groups is 1. The average Bonchev–Trinajstić information content (AvgIpc) is 3.55.